The molecule has 1 aliphatic rings. The Morgan fingerprint density at radius 2 is 1.74 bits per heavy atom. The summed E-state index contributed by atoms with van der Waals surface area (Å²) >= 11 is 17.9. The van der Waals surface area contributed by atoms with Gasteiger partial charge in [-0.1, -0.05) is 40.9 Å². The summed E-state index contributed by atoms with van der Waals surface area (Å²) in [6.45, 7) is 0.904. The van der Waals surface area contributed by atoms with Crippen LogP contribution in [-0.2, 0) is 0 Å². The molecule has 0 aliphatic carbocycles. The van der Waals surface area contributed by atoms with Gasteiger partial charge in [-0.2, -0.15) is 0 Å². The number of likely N-dealkylation sites (tertiary alicyclic amines) is 1. The van der Waals surface area contributed by atoms with Crippen LogP contribution in [0.5, 0.6) is 0 Å². The number of hydrogen-bond acceptors (Lipinski definition) is 2. The van der Waals surface area contributed by atoms with E-state index < -0.39 is 11.7 Å². The third-order valence-electron chi connectivity index (χ3n) is 4.47. The van der Waals surface area contributed by atoms with Gasteiger partial charge in [0.2, 0.25) is 0 Å². The van der Waals surface area contributed by atoms with Crippen molar-refractivity contribution in [1.29, 1.82) is 0 Å². The third-order valence-corrected chi connectivity index (χ3v) is 5.33. The van der Waals surface area contributed by atoms with Crippen LogP contribution in [0.15, 0.2) is 36.4 Å². The van der Waals surface area contributed by atoms with Gasteiger partial charge in [-0.25, -0.2) is 4.39 Å². The first-order chi connectivity index (χ1) is 12.9. The van der Waals surface area contributed by atoms with Crippen molar-refractivity contribution in [2.24, 2.45) is 0 Å². The lowest BCUT2D eigenvalue weighted by Crippen LogP contribution is -2.46. The van der Waals surface area contributed by atoms with Crippen LogP contribution in [0.25, 0.3) is 0 Å². The van der Waals surface area contributed by atoms with Gasteiger partial charge in [-0.3, -0.25) is 9.59 Å². The summed E-state index contributed by atoms with van der Waals surface area (Å²) in [5.74, 6) is -1.40. The highest BCUT2D eigenvalue weighted by molar-refractivity contribution is 6.36. The van der Waals surface area contributed by atoms with E-state index in [1.54, 1.807) is 17.0 Å². The van der Waals surface area contributed by atoms with Crippen LogP contribution >= 0.6 is 34.8 Å². The molecule has 0 atom stereocenters. The highest BCUT2D eigenvalue weighted by atomic mass is 35.5. The number of nitrogens with zero attached hydrogens (tertiary/aromatic N) is 1. The third kappa shape index (κ3) is 4.54. The molecule has 142 valence electrons. The molecule has 0 saturated carbocycles. The first kappa shape index (κ1) is 19.9. The van der Waals surface area contributed by atoms with E-state index in [0.717, 1.165) is 0 Å². The van der Waals surface area contributed by atoms with Crippen LogP contribution in [0, 0.1) is 5.82 Å². The summed E-state index contributed by atoms with van der Waals surface area (Å²) in [7, 11) is 0. The highest BCUT2D eigenvalue weighted by Crippen LogP contribution is 2.24. The van der Waals surface area contributed by atoms with E-state index in [1.807, 2.05) is 0 Å². The Morgan fingerprint density at radius 1 is 1.04 bits per heavy atom. The Bertz CT molecular complexity index is 863. The van der Waals surface area contributed by atoms with Gasteiger partial charge in [0.05, 0.1) is 21.2 Å². The number of nitrogens with one attached hydrogen (secondary N) is 1. The molecular weight excluding hydrogens is 414 g/mol. The molecule has 2 aromatic carbocycles. The van der Waals surface area contributed by atoms with Crippen LogP contribution in [0.4, 0.5) is 4.39 Å². The maximum atomic E-state index is 13.9. The lowest BCUT2D eigenvalue weighted by Gasteiger charge is -2.32. The number of halogens is 4. The number of rotatable bonds is 3. The summed E-state index contributed by atoms with van der Waals surface area (Å²) in [6, 6.07) is 8.68. The molecule has 27 heavy (non-hydrogen) atoms. The monoisotopic (exact) mass is 428 g/mol. The molecule has 0 aromatic heterocycles. The Hall–Kier alpha value is -1.82. The van der Waals surface area contributed by atoms with Crippen LogP contribution in [0.2, 0.25) is 15.1 Å². The van der Waals surface area contributed by atoms with Gasteiger partial charge in [0.15, 0.2) is 0 Å². The Morgan fingerprint density at radius 3 is 2.37 bits per heavy atom. The van der Waals surface area contributed by atoms with Crippen molar-refractivity contribution in [2.75, 3.05) is 13.1 Å². The molecule has 1 aliphatic heterocycles. The molecular formula is C19H16Cl3FN2O2. The average Bonchev–Trinajstić information content (AvgIpc) is 2.61. The van der Waals surface area contributed by atoms with Crippen molar-refractivity contribution < 1.29 is 14.0 Å². The van der Waals surface area contributed by atoms with Gasteiger partial charge in [0.1, 0.15) is 5.82 Å². The molecule has 1 heterocycles. The van der Waals surface area contributed by atoms with Gasteiger partial charge < -0.3 is 10.2 Å². The number of hydrogen-bond donors (Lipinski definition) is 1. The lowest BCUT2D eigenvalue weighted by molar-refractivity contribution is 0.0698. The second-order valence-corrected chi connectivity index (χ2v) is 7.51. The predicted molar refractivity (Wildman–Crippen MR) is 104 cm³/mol. The van der Waals surface area contributed by atoms with E-state index in [4.69, 9.17) is 34.8 Å². The van der Waals surface area contributed by atoms with E-state index in [9.17, 15) is 14.0 Å². The Kier molecular flexibility index (Phi) is 6.25. The zero-order valence-corrected chi connectivity index (χ0v) is 16.4. The van der Waals surface area contributed by atoms with Crippen molar-refractivity contribution in [3.05, 3.63) is 68.4 Å². The number of benzene rings is 2. The summed E-state index contributed by atoms with van der Waals surface area (Å²) in [6.07, 6.45) is 1.10. The summed E-state index contributed by atoms with van der Waals surface area (Å²) in [5, 5.41) is 3.62. The average molecular weight is 430 g/mol. The molecule has 0 spiro atoms. The molecule has 2 amide bonds. The number of carbonyl (C=O) groups excluding carboxylic acids is 2. The normalized spacial score (nSPS) is 14.9. The van der Waals surface area contributed by atoms with Gasteiger partial charge in [0.25, 0.3) is 11.8 Å². The molecule has 0 bridgehead atoms. The van der Waals surface area contributed by atoms with Crippen LogP contribution < -0.4 is 5.32 Å². The van der Waals surface area contributed by atoms with E-state index in [-0.39, 0.29) is 22.5 Å². The van der Waals surface area contributed by atoms with Crippen molar-refractivity contribution in [1.82, 2.24) is 10.2 Å². The largest absolute Gasteiger partial charge is 0.349 e. The molecule has 1 fully saturated rings. The van der Waals surface area contributed by atoms with Crippen LogP contribution in [0.1, 0.15) is 33.6 Å². The molecule has 3 rings (SSSR count). The first-order valence-corrected chi connectivity index (χ1v) is 9.49. The van der Waals surface area contributed by atoms with Crippen molar-refractivity contribution in [2.45, 2.75) is 18.9 Å². The SMILES string of the molecule is O=C(NC1CCN(C(=O)c2ccc(Cl)cc2Cl)CC1)c1c(F)cccc1Cl. The molecule has 1 N–H and O–H groups in total. The Balaban J connectivity index is 1.60. The van der Waals surface area contributed by atoms with Crippen molar-refractivity contribution in [3.8, 4) is 0 Å². The van der Waals surface area contributed by atoms with Crippen molar-refractivity contribution >= 4 is 46.6 Å². The highest BCUT2D eigenvalue weighted by Gasteiger charge is 2.27. The second kappa shape index (κ2) is 8.46. The van der Waals surface area contributed by atoms with Gasteiger partial charge >= 0.3 is 0 Å². The van der Waals surface area contributed by atoms with Crippen molar-refractivity contribution in [3.63, 3.8) is 0 Å². The van der Waals surface area contributed by atoms with E-state index in [0.29, 0.717) is 41.5 Å². The second-order valence-electron chi connectivity index (χ2n) is 6.26. The topological polar surface area (TPSA) is 49.4 Å². The van der Waals surface area contributed by atoms with Gasteiger partial charge in [-0.15, -0.1) is 0 Å². The fraction of sp³-hybridized carbons (Fsp3) is 0.263. The fourth-order valence-electron chi connectivity index (χ4n) is 3.03. The molecule has 2 aromatic rings. The molecule has 1 saturated heterocycles. The van der Waals surface area contributed by atoms with Gasteiger partial charge in [-0.05, 0) is 43.2 Å². The fourth-order valence-corrected chi connectivity index (χ4v) is 3.77. The quantitative estimate of drug-likeness (QED) is 0.760. The smallest absolute Gasteiger partial charge is 0.255 e. The molecule has 0 radical (unpaired) electrons. The predicted octanol–water partition coefficient (Wildman–Crippen LogP) is 4.82. The first-order valence-electron chi connectivity index (χ1n) is 8.36. The maximum Gasteiger partial charge on any atom is 0.255 e. The molecule has 0 unspecified atom stereocenters. The van der Waals surface area contributed by atoms with Gasteiger partial charge in [0, 0.05) is 24.2 Å². The van der Waals surface area contributed by atoms with E-state index in [2.05, 4.69) is 5.32 Å². The number of amides is 2. The minimum absolute atomic E-state index is 0.0671. The lowest BCUT2D eigenvalue weighted by atomic mass is 10.0. The minimum atomic E-state index is -0.662. The van der Waals surface area contributed by atoms with E-state index >= 15 is 0 Å². The summed E-state index contributed by atoms with van der Waals surface area (Å²) in [4.78, 5) is 26.6. The minimum Gasteiger partial charge on any atom is -0.349 e. The molecule has 8 heteroatoms. The molecule has 4 nitrogen and oxygen atoms in total. The van der Waals surface area contributed by atoms with E-state index in [1.165, 1.54) is 24.3 Å². The number of piperidine rings is 1. The summed E-state index contributed by atoms with van der Waals surface area (Å²) in [5.41, 5.74) is 0.229. The number of carbonyl (C=O) groups is 2. The zero-order chi connectivity index (χ0) is 19.6. The standard InChI is InChI=1S/C19H16Cl3FN2O2/c20-11-4-5-13(15(22)10-11)19(27)25-8-6-12(7-9-25)24-18(26)17-14(21)2-1-3-16(17)23/h1-5,10,12H,6-9H2,(H,24,26). The summed E-state index contributed by atoms with van der Waals surface area (Å²) < 4.78 is 13.9. The zero-order valence-electron chi connectivity index (χ0n) is 14.1. The Labute approximate surface area is 171 Å². The van der Waals surface area contributed by atoms with Crippen LogP contribution in [-0.4, -0.2) is 35.8 Å². The van der Waals surface area contributed by atoms with Crippen LogP contribution in [0.3, 0.4) is 0 Å². The maximum absolute atomic E-state index is 13.9.